The number of hydrogen-bond acceptors (Lipinski definition) is 4. The van der Waals surface area contributed by atoms with Gasteiger partial charge < -0.3 is 10.4 Å². The van der Waals surface area contributed by atoms with Gasteiger partial charge in [0.1, 0.15) is 0 Å². The van der Waals surface area contributed by atoms with Gasteiger partial charge in [0.25, 0.3) is 0 Å². The van der Waals surface area contributed by atoms with Crippen molar-refractivity contribution in [3.05, 3.63) is 51.5 Å². The molecule has 0 aliphatic heterocycles. The van der Waals surface area contributed by atoms with Crippen LogP contribution in [0.25, 0.3) is 0 Å². The molecule has 0 saturated carbocycles. The SMILES string of the molecule is CC(NCCc1csc(C(C)(C)C)n1)c1cccc(CO)c1. The van der Waals surface area contributed by atoms with E-state index in [1.54, 1.807) is 11.3 Å². The second-order valence-electron chi connectivity index (χ2n) is 6.72. The molecule has 0 aliphatic carbocycles. The van der Waals surface area contributed by atoms with Crippen molar-refractivity contribution in [3.63, 3.8) is 0 Å². The van der Waals surface area contributed by atoms with Crippen LogP contribution in [0.4, 0.5) is 0 Å². The second kappa shape index (κ2) is 7.36. The highest BCUT2D eigenvalue weighted by Crippen LogP contribution is 2.25. The maximum absolute atomic E-state index is 9.21. The van der Waals surface area contributed by atoms with Gasteiger partial charge in [-0.2, -0.15) is 0 Å². The van der Waals surface area contributed by atoms with Crippen molar-refractivity contribution in [2.45, 2.75) is 52.2 Å². The van der Waals surface area contributed by atoms with Crippen molar-refractivity contribution < 1.29 is 5.11 Å². The van der Waals surface area contributed by atoms with E-state index in [-0.39, 0.29) is 18.1 Å². The Kier molecular flexibility index (Phi) is 5.73. The first-order chi connectivity index (χ1) is 10.4. The lowest BCUT2D eigenvalue weighted by atomic mass is 9.98. The number of benzene rings is 1. The summed E-state index contributed by atoms with van der Waals surface area (Å²) in [7, 11) is 0. The minimum Gasteiger partial charge on any atom is -0.392 e. The summed E-state index contributed by atoms with van der Waals surface area (Å²) in [6, 6.07) is 8.36. The molecule has 1 aromatic heterocycles. The number of rotatable bonds is 6. The fourth-order valence-electron chi connectivity index (χ4n) is 2.26. The predicted octanol–water partition coefficient (Wildman–Crippen LogP) is 3.83. The number of aromatic nitrogens is 1. The first kappa shape index (κ1) is 17.1. The van der Waals surface area contributed by atoms with Gasteiger partial charge in [-0.15, -0.1) is 11.3 Å². The lowest BCUT2D eigenvalue weighted by molar-refractivity contribution is 0.281. The Morgan fingerprint density at radius 3 is 2.73 bits per heavy atom. The summed E-state index contributed by atoms with van der Waals surface area (Å²) in [5.41, 5.74) is 3.47. The van der Waals surface area contributed by atoms with Gasteiger partial charge in [0.15, 0.2) is 0 Å². The Bertz CT molecular complexity index is 601. The molecular weight excluding hydrogens is 292 g/mol. The molecule has 1 atom stereocenters. The number of aliphatic hydroxyl groups excluding tert-OH is 1. The predicted molar refractivity (Wildman–Crippen MR) is 93.3 cm³/mol. The van der Waals surface area contributed by atoms with E-state index < -0.39 is 0 Å². The maximum atomic E-state index is 9.21. The minimum absolute atomic E-state index is 0.0922. The van der Waals surface area contributed by atoms with Crippen molar-refractivity contribution in [3.8, 4) is 0 Å². The van der Waals surface area contributed by atoms with Gasteiger partial charge in [-0.3, -0.25) is 0 Å². The zero-order chi connectivity index (χ0) is 16.2. The third-order valence-corrected chi connectivity index (χ3v) is 4.98. The van der Waals surface area contributed by atoms with Crippen LogP contribution in [-0.4, -0.2) is 16.6 Å². The summed E-state index contributed by atoms with van der Waals surface area (Å²) in [5.74, 6) is 0. The first-order valence-electron chi connectivity index (χ1n) is 7.78. The van der Waals surface area contributed by atoms with E-state index in [0.717, 1.165) is 18.5 Å². The van der Waals surface area contributed by atoms with E-state index in [4.69, 9.17) is 4.98 Å². The summed E-state index contributed by atoms with van der Waals surface area (Å²) in [4.78, 5) is 4.72. The largest absolute Gasteiger partial charge is 0.392 e. The Balaban J connectivity index is 1.86. The lowest BCUT2D eigenvalue weighted by Crippen LogP contribution is -2.21. The highest BCUT2D eigenvalue weighted by atomic mass is 32.1. The van der Waals surface area contributed by atoms with Crippen LogP contribution in [0.5, 0.6) is 0 Å². The van der Waals surface area contributed by atoms with Gasteiger partial charge in [-0.25, -0.2) is 4.98 Å². The lowest BCUT2D eigenvalue weighted by Gasteiger charge is -2.15. The van der Waals surface area contributed by atoms with E-state index in [1.807, 2.05) is 12.1 Å². The molecule has 0 amide bonds. The molecule has 0 radical (unpaired) electrons. The van der Waals surface area contributed by atoms with Crippen LogP contribution in [0.2, 0.25) is 0 Å². The molecule has 0 saturated heterocycles. The molecular formula is C18H26N2OS. The number of nitrogens with one attached hydrogen (secondary N) is 1. The van der Waals surface area contributed by atoms with Crippen LogP contribution >= 0.6 is 11.3 Å². The molecule has 1 unspecified atom stereocenters. The normalized spacial score (nSPS) is 13.3. The standard InChI is InChI=1S/C18H26N2OS/c1-13(15-7-5-6-14(10-15)11-21)19-9-8-16-12-22-17(20-16)18(2,3)4/h5-7,10,12-13,19,21H,8-9,11H2,1-4H3. The van der Waals surface area contributed by atoms with Gasteiger partial charge in [-0.1, -0.05) is 45.0 Å². The molecule has 0 fully saturated rings. The quantitative estimate of drug-likeness (QED) is 0.851. The molecule has 1 aromatic carbocycles. The molecule has 2 rings (SSSR count). The van der Waals surface area contributed by atoms with Crippen LogP contribution in [0, 0.1) is 0 Å². The monoisotopic (exact) mass is 318 g/mol. The van der Waals surface area contributed by atoms with E-state index in [0.29, 0.717) is 0 Å². The van der Waals surface area contributed by atoms with Crippen molar-refractivity contribution >= 4 is 11.3 Å². The molecule has 4 heteroatoms. The third-order valence-electron chi connectivity index (χ3n) is 3.66. The molecule has 120 valence electrons. The van der Waals surface area contributed by atoms with E-state index in [9.17, 15) is 5.11 Å². The second-order valence-corrected chi connectivity index (χ2v) is 7.58. The molecule has 0 bridgehead atoms. The van der Waals surface area contributed by atoms with Crippen LogP contribution in [0.3, 0.4) is 0 Å². The molecule has 0 spiro atoms. The average molecular weight is 318 g/mol. The topological polar surface area (TPSA) is 45.2 Å². The Morgan fingerprint density at radius 1 is 1.32 bits per heavy atom. The van der Waals surface area contributed by atoms with Crippen molar-refractivity contribution in [1.82, 2.24) is 10.3 Å². The number of aliphatic hydroxyl groups is 1. The van der Waals surface area contributed by atoms with Gasteiger partial charge in [-0.05, 0) is 18.1 Å². The Hall–Kier alpha value is -1.23. The molecule has 2 aromatic rings. The summed E-state index contributed by atoms with van der Waals surface area (Å²) >= 11 is 1.75. The van der Waals surface area contributed by atoms with Crippen LogP contribution < -0.4 is 5.32 Å². The molecule has 1 heterocycles. The van der Waals surface area contributed by atoms with Gasteiger partial charge in [0, 0.05) is 29.8 Å². The number of thiazole rings is 1. The molecule has 22 heavy (non-hydrogen) atoms. The van der Waals surface area contributed by atoms with Crippen molar-refractivity contribution in [2.24, 2.45) is 0 Å². The Labute approximate surface area is 137 Å². The highest BCUT2D eigenvalue weighted by molar-refractivity contribution is 7.09. The zero-order valence-electron chi connectivity index (χ0n) is 13.9. The van der Waals surface area contributed by atoms with Crippen molar-refractivity contribution in [1.29, 1.82) is 0 Å². The maximum Gasteiger partial charge on any atom is 0.0981 e. The minimum atomic E-state index is 0.0922. The van der Waals surface area contributed by atoms with Crippen LogP contribution in [0.1, 0.15) is 55.6 Å². The summed E-state index contributed by atoms with van der Waals surface area (Å²) < 4.78 is 0. The van der Waals surface area contributed by atoms with E-state index in [2.05, 4.69) is 50.5 Å². The molecule has 0 aliphatic rings. The van der Waals surface area contributed by atoms with E-state index in [1.165, 1.54) is 16.3 Å². The average Bonchev–Trinajstić information content (AvgIpc) is 2.96. The summed E-state index contributed by atoms with van der Waals surface area (Å²) in [6.45, 7) is 9.74. The molecule has 2 N–H and O–H groups in total. The van der Waals surface area contributed by atoms with Gasteiger partial charge >= 0.3 is 0 Å². The fourth-order valence-corrected chi connectivity index (χ4v) is 3.20. The highest BCUT2D eigenvalue weighted by Gasteiger charge is 2.17. The first-order valence-corrected chi connectivity index (χ1v) is 8.66. The van der Waals surface area contributed by atoms with Gasteiger partial charge in [0.05, 0.1) is 17.3 Å². The molecule has 3 nitrogen and oxygen atoms in total. The van der Waals surface area contributed by atoms with Crippen LogP contribution in [-0.2, 0) is 18.4 Å². The Morgan fingerprint density at radius 2 is 2.09 bits per heavy atom. The summed E-state index contributed by atoms with van der Waals surface area (Å²) in [6.07, 6.45) is 0.941. The smallest absolute Gasteiger partial charge is 0.0981 e. The van der Waals surface area contributed by atoms with Crippen molar-refractivity contribution in [2.75, 3.05) is 6.54 Å². The number of hydrogen-bond donors (Lipinski definition) is 2. The third kappa shape index (κ3) is 4.63. The number of nitrogens with zero attached hydrogens (tertiary/aromatic N) is 1. The van der Waals surface area contributed by atoms with E-state index >= 15 is 0 Å². The summed E-state index contributed by atoms with van der Waals surface area (Å²) in [5, 5.41) is 16.1. The van der Waals surface area contributed by atoms with Gasteiger partial charge in [0.2, 0.25) is 0 Å². The van der Waals surface area contributed by atoms with Crippen LogP contribution in [0.15, 0.2) is 29.6 Å². The fraction of sp³-hybridized carbons (Fsp3) is 0.500. The zero-order valence-corrected chi connectivity index (χ0v) is 14.7.